The lowest BCUT2D eigenvalue weighted by Crippen LogP contribution is -2.28. The Hall–Kier alpha value is -2.61. The maximum atomic E-state index is 12.8. The summed E-state index contributed by atoms with van der Waals surface area (Å²) in [4.78, 5) is 12.8. The van der Waals surface area contributed by atoms with Gasteiger partial charge in [-0.2, -0.15) is 0 Å². The van der Waals surface area contributed by atoms with Crippen molar-refractivity contribution in [1.82, 2.24) is 0 Å². The molecule has 1 aliphatic rings. The molecule has 0 radical (unpaired) electrons. The fourth-order valence-electron chi connectivity index (χ4n) is 2.71. The van der Waals surface area contributed by atoms with E-state index in [0.29, 0.717) is 0 Å². The average Bonchev–Trinajstić information content (AvgIpc) is 2.61. The maximum absolute atomic E-state index is 12.8. The van der Waals surface area contributed by atoms with Crippen molar-refractivity contribution in [2.45, 2.75) is 19.4 Å². The number of carbonyl (C=O) groups is 1. The number of hydrogen-bond acceptors (Lipinski definition) is 2. The van der Waals surface area contributed by atoms with E-state index in [4.69, 9.17) is 4.74 Å². The van der Waals surface area contributed by atoms with Gasteiger partial charge in [0.1, 0.15) is 5.41 Å². The van der Waals surface area contributed by atoms with Gasteiger partial charge in [0.25, 0.3) is 0 Å². The van der Waals surface area contributed by atoms with E-state index < -0.39 is 11.5 Å². The van der Waals surface area contributed by atoms with E-state index in [1.54, 1.807) is 0 Å². The minimum Gasteiger partial charge on any atom is -0.452 e. The number of allylic oxidation sites excluding steroid dienone is 2. The van der Waals surface area contributed by atoms with Crippen LogP contribution in [0.1, 0.15) is 30.6 Å². The topological polar surface area (TPSA) is 26.3 Å². The minimum absolute atomic E-state index is 0.234. The largest absolute Gasteiger partial charge is 0.452 e. The summed E-state index contributed by atoms with van der Waals surface area (Å²) in [6, 6.07) is 19.7. The van der Waals surface area contributed by atoms with Crippen LogP contribution in [0.15, 0.2) is 85.0 Å². The maximum Gasteiger partial charge on any atom is 0.320 e. The first kappa shape index (κ1) is 15.3. The van der Waals surface area contributed by atoms with Gasteiger partial charge in [0.2, 0.25) is 0 Å². The van der Waals surface area contributed by atoms with Gasteiger partial charge in [-0.1, -0.05) is 85.0 Å². The van der Waals surface area contributed by atoms with E-state index >= 15 is 0 Å². The molecule has 2 heteroatoms. The van der Waals surface area contributed by atoms with Crippen molar-refractivity contribution < 1.29 is 9.53 Å². The predicted molar refractivity (Wildman–Crippen MR) is 91.8 cm³/mol. The Morgan fingerprint density at radius 3 is 1.87 bits per heavy atom. The summed E-state index contributed by atoms with van der Waals surface area (Å²) in [5.74, 6) is -0.234. The van der Waals surface area contributed by atoms with Crippen LogP contribution in [0.2, 0.25) is 0 Å². The molecule has 0 N–H and O–H groups in total. The minimum atomic E-state index is -0.694. The number of carbonyl (C=O) groups excluding carboxylic acids is 1. The summed E-state index contributed by atoms with van der Waals surface area (Å²) in [5, 5.41) is 0. The van der Waals surface area contributed by atoms with Crippen molar-refractivity contribution in [2.24, 2.45) is 5.41 Å². The van der Waals surface area contributed by atoms with Gasteiger partial charge in [-0.05, 0) is 24.5 Å². The summed E-state index contributed by atoms with van der Waals surface area (Å²) in [5.41, 5.74) is 1.25. The summed E-state index contributed by atoms with van der Waals surface area (Å²) in [6.45, 7) is 1.88. The van der Waals surface area contributed by atoms with Crippen LogP contribution < -0.4 is 0 Å². The van der Waals surface area contributed by atoms with Crippen LogP contribution in [0.25, 0.3) is 0 Å². The molecule has 0 atom stereocenters. The second-order valence-electron chi connectivity index (χ2n) is 5.93. The lowest BCUT2D eigenvalue weighted by molar-refractivity contribution is -0.153. The van der Waals surface area contributed by atoms with E-state index in [1.807, 2.05) is 91.9 Å². The molecule has 116 valence electrons. The second-order valence-corrected chi connectivity index (χ2v) is 5.93. The molecular formula is C21H20O2. The molecule has 0 aliphatic heterocycles. The van der Waals surface area contributed by atoms with Gasteiger partial charge in [0, 0.05) is 0 Å². The molecule has 1 aliphatic carbocycles. The van der Waals surface area contributed by atoms with Crippen molar-refractivity contribution in [1.29, 1.82) is 0 Å². The Morgan fingerprint density at radius 1 is 0.913 bits per heavy atom. The Bertz CT molecular complexity index is 663. The smallest absolute Gasteiger partial charge is 0.320 e. The first-order valence-corrected chi connectivity index (χ1v) is 7.85. The van der Waals surface area contributed by atoms with Gasteiger partial charge in [-0.3, -0.25) is 4.79 Å². The third-order valence-corrected chi connectivity index (χ3v) is 4.07. The summed E-state index contributed by atoms with van der Waals surface area (Å²) in [6.07, 6.45) is 8.31. The van der Waals surface area contributed by atoms with Crippen LogP contribution in [0, 0.1) is 5.41 Å². The fraction of sp³-hybridized carbons (Fsp3) is 0.190. The Kier molecular flexibility index (Phi) is 4.42. The van der Waals surface area contributed by atoms with Gasteiger partial charge in [0.05, 0.1) is 0 Å². The van der Waals surface area contributed by atoms with E-state index in [-0.39, 0.29) is 5.97 Å². The standard InChI is InChI=1S/C21H20O2/c1-21(15-9-4-10-16-21)20(22)23-19(17-11-5-2-6-12-17)18-13-7-3-8-14-18/h2-3,5-16,19H,4H2,1H3. The number of esters is 1. The fourth-order valence-corrected chi connectivity index (χ4v) is 2.71. The third-order valence-electron chi connectivity index (χ3n) is 4.07. The third kappa shape index (κ3) is 3.42. The zero-order chi connectivity index (χ0) is 16.1. The summed E-state index contributed by atoms with van der Waals surface area (Å²) >= 11 is 0. The zero-order valence-corrected chi connectivity index (χ0v) is 13.2. The molecule has 0 saturated heterocycles. The summed E-state index contributed by atoms with van der Waals surface area (Å²) < 4.78 is 5.92. The molecule has 0 spiro atoms. The van der Waals surface area contributed by atoms with Crippen molar-refractivity contribution in [3.63, 3.8) is 0 Å². The van der Waals surface area contributed by atoms with Crippen LogP contribution in [-0.2, 0) is 9.53 Å². The lowest BCUT2D eigenvalue weighted by atomic mass is 9.86. The predicted octanol–water partition coefficient (Wildman–Crippen LogP) is 4.84. The molecule has 0 saturated carbocycles. The molecule has 2 aromatic carbocycles. The first-order valence-electron chi connectivity index (χ1n) is 7.85. The Morgan fingerprint density at radius 2 is 1.39 bits per heavy atom. The molecule has 3 rings (SSSR count). The molecule has 0 heterocycles. The van der Waals surface area contributed by atoms with Crippen molar-refractivity contribution >= 4 is 5.97 Å². The van der Waals surface area contributed by atoms with Gasteiger partial charge in [0.15, 0.2) is 6.10 Å². The monoisotopic (exact) mass is 304 g/mol. The van der Waals surface area contributed by atoms with E-state index in [0.717, 1.165) is 17.5 Å². The highest BCUT2D eigenvalue weighted by Gasteiger charge is 2.33. The van der Waals surface area contributed by atoms with E-state index in [9.17, 15) is 4.79 Å². The SMILES string of the molecule is CC1(C(=O)OC(c2ccccc2)c2ccccc2)C=CCC=C1. The van der Waals surface area contributed by atoms with E-state index in [1.165, 1.54) is 0 Å². The van der Waals surface area contributed by atoms with Crippen LogP contribution in [0.3, 0.4) is 0 Å². The van der Waals surface area contributed by atoms with Gasteiger partial charge >= 0.3 is 5.97 Å². The quantitative estimate of drug-likeness (QED) is 0.596. The molecular weight excluding hydrogens is 284 g/mol. The Balaban J connectivity index is 1.91. The highest BCUT2D eigenvalue weighted by molar-refractivity contribution is 5.81. The van der Waals surface area contributed by atoms with Crippen molar-refractivity contribution in [2.75, 3.05) is 0 Å². The lowest BCUT2D eigenvalue weighted by Gasteiger charge is -2.26. The number of benzene rings is 2. The molecule has 23 heavy (non-hydrogen) atoms. The van der Waals surface area contributed by atoms with E-state index in [2.05, 4.69) is 0 Å². The molecule has 0 bridgehead atoms. The molecule has 0 unspecified atom stereocenters. The molecule has 0 aromatic heterocycles. The van der Waals surface area contributed by atoms with Crippen LogP contribution in [0.4, 0.5) is 0 Å². The normalized spacial score (nSPS) is 15.6. The van der Waals surface area contributed by atoms with Gasteiger partial charge in [-0.15, -0.1) is 0 Å². The van der Waals surface area contributed by atoms with Crippen LogP contribution >= 0.6 is 0 Å². The molecule has 0 fully saturated rings. The highest BCUT2D eigenvalue weighted by Crippen LogP contribution is 2.32. The van der Waals surface area contributed by atoms with Crippen LogP contribution in [0.5, 0.6) is 0 Å². The van der Waals surface area contributed by atoms with Crippen molar-refractivity contribution in [3.05, 3.63) is 96.1 Å². The second kappa shape index (κ2) is 6.66. The highest BCUT2D eigenvalue weighted by atomic mass is 16.5. The molecule has 2 aromatic rings. The number of rotatable bonds is 4. The molecule has 2 nitrogen and oxygen atoms in total. The Labute approximate surface area is 137 Å². The summed E-state index contributed by atoms with van der Waals surface area (Å²) in [7, 11) is 0. The molecule has 0 amide bonds. The first-order chi connectivity index (χ1) is 11.2. The van der Waals surface area contributed by atoms with Crippen molar-refractivity contribution in [3.8, 4) is 0 Å². The number of hydrogen-bond donors (Lipinski definition) is 0. The average molecular weight is 304 g/mol. The van der Waals surface area contributed by atoms with Gasteiger partial charge in [-0.25, -0.2) is 0 Å². The van der Waals surface area contributed by atoms with Gasteiger partial charge < -0.3 is 4.74 Å². The number of ether oxygens (including phenoxy) is 1. The zero-order valence-electron chi connectivity index (χ0n) is 13.2. The van der Waals surface area contributed by atoms with Crippen LogP contribution in [-0.4, -0.2) is 5.97 Å².